The molecule has 25 heavy (non-hydrogen) atoms. The average molecular weight is 380 g/mol. The van der Waals surface area contributed by atoms with Crippen LogP contribution in [-0.2, 0) is 6.54 Å². The van der Waals surface area contributed by atoms with Gasteiger partial charge in [0.2, 0.25) is 5.56 Å². The molecule has 2 aliphatic rings. The predicted octanol–water partition coefficient (Wildman–Crippen LogP) is 2.64. The van der Waals surface area contributed by atoms with Gasteiger partial charge in [-0.05, 0) is 66.2 Å². The first kappa shape index (κ1) is 18.2. The Hall–Kier alpha value is -1.63. The monoisotopic (exact) mass is 379 g/mol. The fraction of sp³-hybridized carbons (Fsp3) is 0.444. The van der Waals surface area contributed by atoms with E-state index in [4.69, 9.17) is 0 Å². The number of thiophene rings is 1. The van der Waals surface area contributed by atoms with E-state index in [-0.39, 0.29) is 23.9 Å². The Morgan fingerprint density at radius 2 is 2.08 bits per heavy atom. The van der Waals surface area contributed by atoms with Gasteiger partial charge in [-0.1, -0.05) is 0 Å². The first-order valence-corrected chi connectivity index (χ1v) is 9.34. The van der Waals surface area contributed by atoms with Crippen molar-refractivity contribution in [3.8, 4) is 0 Å². The molecule has 1 unspecified atom stereocenters. The number of pyridine rings is 1. The lowest BCUT2D eigenvalue weighted by Gasteiger charge is -2.29. The highest BCUT2D eigenvalue weighted by Crippen LogP contribution is 2.56. The van der Waals surface area contributed by atoms with Gasteiger partial charge in [-0.25, -0.2) is 0 Å². The number of hydrogen-bond acceptors (Lipinski definition) is 4. The van der Waals surface area contributed by atoms with E-state index in [1.807, 2.05) is 10.3 Å². The Morgan fingerprint density at radius 1 is 1.28 bits per heavy atom. The molecule has 134 valence electrons. The maximum absolute atomic E-state index is 13.1. The van der Waals surface area contributed by atoms with Gasteiger partial charge in [0.25, 0.3) is 5.91 Å². The minimum Gasteiger partial charge on any atom is -0.331 e. The Labute approximate surface area is 156 Å². The smallest absolute Gasteiger partial charge is 0.255 e. The first-order valence-electron chi connectivity index (χ1n) is 8.39. The van der Waals surface area contributed by atoms with Crippen molar-refractivity contribution >= 4 is 29.7 Å². The molecule has 1 atom stereocenters. The number of nitrogens with zero attached hydrogens (tertiary/aromatic N) is 1. The number of halogens is 1. The predicted molar refractivity (Wildman–Crippen MR) is 101 cm³/mol. The van der Waals surface area contributed by atoms with Crippen LogP contribution in [-0.4, -0.2) is 34.9 Å². The molecule has 2 fully saturated rings. The highest BCUT2D eigenvalue weighted by Gasteiger charge is 2.57. The van der Waals surface area contributed by atoms with Crippen molar-refractivity contribution in [2.75, 3.05) is 13.1 Å². The van der Waals surface area contributed by atoms with Crippen LogP contribution < -0.4 is 10.9 Å². The maximum Gasteiger partial charge on any atom is 0.255 e. The van der Waals surface area contributed by atoms with Crippen molar-refractivity contribution in [1.29, 1.82) is 0 Å². The number of carbonyl (C=O) groups excluding carboxylic acids is 1. The molecule has 1 spiro atoms. The van der Waals surface area contributed by atoms with Crippen molar-refractivity contribution in [3.05, 3.63) is 56.6 Å². The molecule has 0 aromatic carbocycles. The van der Waals surface area contributed by atoms with E-state index in [9.17, 15) is 9.59 Å². The summed E-state index contributed by atoms with van der Waals surface area (Å²) < 4.78 is 0. The van der Waals surface area contributed by atoms with Gasteiger partial charge in [0.05, 0.1) is 5.56 Å². The molecular formula is C18H22ClN3O2S. The van der Waals surface area contributed by atoms with Gasteiger partial charge in [0.15, 0.2) is 0 Å². The van der Waals surface area contributed by atoms with Crippen LogP contribution in [0.2, 0.25) is 0 Å². The number of aromatic amines is 1. The van der Waals surface area contributed by atoms with Gasteiger partial charge < -0.3 is 15.2 Å². The van der Waals surface area contributed by atoms with Crippen LogP contribution in [0.5, 0.6) is 0 Å². The number of hydrogen-bond donors (Lipinski definition) is 2. The summed E-state index contributed by atoms with van der Waals surface area (Å²) in [6.45, 7) is 2.71. The molecule has 1 aliphatic heterocycles. The van der Waals surface area contributed by atoms with Crippen molar-refractivity contribution in [2.24, 2.45) is 5.41 Å². The maximum atomic E-state index is 13.1. The Morgan fingerprint density at radius 3 is 2.72 bits per heavy atom. The number of carbonyl (C=O) groups is 1. The van der Waals surface area contributed by atoms with Gasteiger partial charge in [-0.15, -0.1) is 12.4 Å². The van der Waals surface area contributed by atoms with Gasteiger partial charge in [-0.3, -0.25) is 9.59 Å². The number of aromatic nitrogens is 1. The van der Waals surface area contributed by atoms with Gasteiger partial charge >= 0.3 is 0 Å². The van der Waals surface area contributed by atoms with Crippen molar-refractivity contribution in [2.45, 2.75) is 31.8 Å². The number of piperidine rings is 1. The second-order valence-electron chi connectivity index (χ2n) is 6.84. The third kappa shape index (κ3) is 3.66. The van der Waals surface area contributed by atoms with E-state index < -0.39 is 0 Å². The van der Waals surface area contributed by atoms with E-state index in [2.05, 4.69) is 21.7 Å². The minimum atomic E-state index is -0.183. The lowest BCUT2D eigenvalue weighted by molar-refractivity contribution is 0.0692. The van der Waals surface area contributed by atoms with E-state index >= 15 is 0 Å². The summed E-state index contributed by atoms with van der Waals surface area (Å²) in [4.78, 5) is 29.0. The normalized spacial score (nSPS) is 20.7. The number of amides is 1. The topological polar surface area (TPSA) is 65.2 Å². The van der Waals surface area contributed by atoms with Crippen molar-refractivity contribution < 1.29 is 4.79 Å². The summed E-state index contributed by atoms with van der Waals surface area (Å²) in [6, 6.07) is 5.43. The van der Waals surface area contributed by atoms with E-state index in [1.165, 1.54) is 17.8 Å². The first-order chi connectivity index (χ1) is 11.7. The number of H-pyrrole nitrogens is 1. The molecule has 2 N–H and O–H groups in total. The molecule has 2 aromatic rings. The third-order valence-electron chi connectivity index (χ3n) is 5.35. The van der Waals surface area contributed by atoms with Crippen LogP contribution in [0.4, 0.5) is 0 Å². The van der Waals surface area contributed by atoms with Gasteiger partial charge in [0, 0.05) is 24.8 Å². The largest absolute Gasteiger partial charge is 0.331 e. The van der Waals surface area contributed by atoms with Crippen molar-refractivity contribution in [1.82, 2.24) is 15.2 Å². The van der Waals surface area contributed by atoms with Crippen LogP contribution >= 0.6 is 23.7 Å². The SMILES string of the molecule is Cl.O=C(c1ccc(=O)[nH]c1)N(Cc1ccsc1)C1CC12CCNCC2. The van der Waals surface area contributed by atoms with E-state index in [0.29, 0.717) is 23.6 Å². The molecule has 1 amide bonds. The number of nitrogens with one attached hydrogen (secondary N) is 2. The number of rotatable bonds is 4. The van der Waals surface area contributed by atoms with Crippen LogP contribution in [0.25, 0.3) is 0 Å². The van der Waals surface area contributed by atoms with Crippen LogP contribution in [0.15, 0.2) is 40.0 Å². The van der Waals surface area contributed by atoms with Gasteiger partial charge in [0.1, 0.15) is 0 Å². The molecule has 0 bridgehead atoms. The summed E-state index contributed by atoms with van der Waals surface area (Å²) in [7, 11) is 0. The molecule has 1 saturated carbocycles. The van der Waals surface area contributed by atoms with Gasteiger partial charge in [-0.2, -0.15) is 11.3 Å². The summed E-state index contributed by atoms with van der Waals surface area (Å²) in [5.74, 6) is 0.0119. The van der Waals surface area contributed by atoms with Crippen molar-refractivity contribution in [3.63, 3.8) is 0 Å². The summed E-state index contributed by atoms with van der Waals surface area (Å²) in [6.07, 6.45) is 4.89. The Balaban J connectivity index is 0.00000182. The third-order valence-corrected chi connectivity index (χ3v) is 6.08. The molecule has 7 heteroatoms. The molecule has 0 radical (unpaired) electrons. The second-order valence-corrected chi connectivity index (χ2v) is 7.62. The molecule has 5 nitrogen and oxygen atoms in total. The summed E-state index contributed by atoms with van der Waals surface area (Å²) >= 11 is 1.65. The zero-order valence-corrected chi connectivity index (χ0v) is 15.5. The van der Waals surface area contributed by atoms with E-state index in [1.54, 1.807) is 17.4 Å². The average Bonchev–Trinajstić information content (AvgIpc) is 3.04. The molecule has 2 aromatic heterocycles. The zero-order chi connectivity index (χ0) is 16.6. The zero-order valence-electron chi connectivity index (χ0n) is 13.9. The Kier molecular flexibility index (Phi) is 5.32. The van der Waals surface area contributed by atoms with E-state index in [0.717, 1.165) is 32.4 Å². The summed E-state index contributed by atoms with van der Waals surface area (Å²) in [5.41, 5.74) is 1.84. The highest BCUT2D eigenvalue weighted by molar-refractivity contribution is 7.07. The second kappa shape index (κ2) is 7.32. The fourth-order valence-electron chi connectivity index (χ4n) is 3.84. The molecular weight excluding hydrogens is 358 g/mol. The Bertz CT molecular complexity index is 763. The molecule has 4 rings (SSSR count). The summed E-state index contributed by atoms with van der Waals surface area (Å²) in [5, 5.41) is 7.56. The highest BCUT2D eigenvalue weighted by atomic mass is 35.5. The molecule has 3 heterocycles. The minimum absolute atomic E-state index is 0. The van der Waals surface area contributed by atoms with Crippen LogP contribution in [0.3, 0.4) is 0 Å². The standard InChI is InChI=1S/C18H21N3O2S.ClH/c22-16-2-1-14(10-20-16)17(23)21(11-13-3-8-24-12-13)15-9-18(15)4-6-19-7-5-18;/h1-3,8,10,12,15,19H,4-7,9,11H2,(H,20,22);1H. The fourth-order valence-corrected chi connectivity index (χ4v) is 4.50. The van der Waals surface area contributed by atoms with Crippen LogP contribution in [0.1, 0.15) is 35.2 Å². The lowest BCUT2D eigenvalue weighted by Crippen LogP contribution is -2.39. The molecule has 1 aliphatic carbocycles. The lowest BCUT2D eigenvalue weighted by atomic mass is 9.93. The quantitative estimate of drug-likeness (QED) is 0.858. The van der Waals surface area contributed by atoms with Crippen LogP contribution in [0, 0.1) is 5.41 Å². The molecule has 1 saturated heterocycles.